The predicted octanol–water partition coefficient (Wildman–Crippen LogP) is 2.34. The van der Waals surface area contributed by atoms with Crippen molar-refractivity contribution in [2.45, 2.75) is 38.8 Å². The van der Waals surface area contributed by atoms with E-state index in [2.05, 4.69) is 27.7 Å². The largest absolute Gasteiger partial charge is 0.349 e. The van der Waals surface area contributed by atoms with Crippen molar-refractivity contribution < 1.29 is 9.32 Å². The first-order chi connectivity index (χ1) is 10.6. The number of nitrogens with one attached hydrogen (secondary N) is 2. The van der Waals surface area contributed by atoms with E-state index in [1.54, 1.807) is 13.0 Å². The topological polar surface area (TPSA) is 80.0 Å². The minimum Gasteiger partial charge on any atom is -0.349 e. The number of nitrogens with zero attached hydrogens (tertiary/aromatic N) is 2. The lowest BCUT2D eigenvalue weighted by atomic mass is 9.99. The van der Waals surface area contributed by atoms with Gasteiger partial charge in [0, 0.05) is 12.1 Å². The van der Waals surface area contributed by atoms with Crippen molar-refractivity contribution >= 4 is 18.3 Å². The Balaban J connectivity index is 0.00000192. The van der Waals surface area contributed by atoms with Crippen molar-refractivity contribution in [3.8, 4) is 11.5 Å². The van der Waals surface area contributed by atoms with Crippen LogP contribution < -0.4 is 10.6 Å². The van der Waals surface area contributed by atoms with Crippen molar-refractivity contribution in [1.29, 1.82) is 0 Å². The normalized spacial score (nSPS) is 20.6. The summed E-state index contributed by atoms with van der Waals surface area (Å²) in [6.07, 6.45) is 1.88. The third-order valence-corrected chi connectivity index (χ3v) is 3.89. The molecule has 1 fully saturated rings. The zero-order valence-electron chi connectivity index (χ0n) is 13.2. The number of hydrogen-bond donors (Lipinski definition) is 2. The van der Waals surface area contributed by atoms with E-state index in [0.717, 1.165) is 19.4 Å². The number of aromatic nitrogens is 2. The van der Waals surface area contributed by atoms with Crippen LogP contribution in [0.2, 0.25) is 0 Å². The number of carbonyl (C=O) groups excluding carboxylic acids is 1. The molecule has 2 unspecified atom stereocenters. The van der Waals surface area contributed by atoms with E-state index in [1.807, 2.05) is 18.2 Å². The van der Waals surface area contributed by atoms with E-state index in [0.29, 0.717) is 28.9 Å². The minimum absolute atomic E-state index is 0. The molecule has 1 aromatic carbocycles. The van der Waals surface area contributed by atoms with Crippen LogP contribution in [0.1, 0.15) is 35.9 Å². The molecule has 2 N–H and O–H groups in total. The molecule has 0 spiro atoms. The molecule has 2 atom stereocenters. The SMILES string of the molecule is Cc1noc(-c2ccccc2C(=O)NC2CCNC(C)C2)n1.Cl. The van der Waals surface area contributed by atoms with Crippen LogP contribution in [0.5, 0.6) is 0 Å². The first-order valence-electron chi connectivity index (χ1n) is 7.57. The minimum atomic E-state index is -0.0921. The molecule has 0 aliphatic carbocycles. The van der Waals surface area contributed by atoms with E-state index in [9.17, 15) is 4.79 Å². The number of benzene rings is 1. The number of piperidine rings is 1. The third kappa shape index (κ3) is 4.09. The standard InChI is InChI=1S/C16H20N4O2.ClH/c1-10-9-12(7-8-17-10)19-15(21)13-5-3-4-6-14(13)16-18-11(2)20-22-16;/h3-6,10,12,17H,7-9H2,1-2H3,(H,19,21);1H. The van der Waals surface area contributed by atoms with Crippen LogP contribution in [0.25, 0.3) is 11.5 Å². The van der Waals surface area contributed by atoms with Crippen LogP contribution >= 0.6 is 12.4 Å². The van der Waals surface area contributed by atoms with Crippen LogP contribution in [-0.2, 0) is 0 Å². The Morgan fingerprint density at radius 3 is 2.87 bits per heavy atom. The monoisotopic (exact) mass is 336 g/mol. The molecule has 1 amide bonds. The second-order valence-corrected chi connectivity index (χ2v) is 5.74. The number of hydrogen-bond acceptors (Lipinski definition) is 5. The molecule has 1 aromatic heterocycles. The molecule has 0 bridgehead atoms. The molecule has 0 radical (unpaired) electrons. The van der Waals surface area contributed by atoms with Crippen molar-refractivity contribution in [2.24, 2.45) is 0 Å². The molecule has 2 aromatic rings. The van der Waals surface area contributed by atoms with Gasteiger partial charge >= 0.3 is 0 Å². The van der Waals surface area contributed by atoms with Crippen LogP contribution in [-0.4, -0.2) is 34.7 Å². The third-order valence-electron chi connectivity index (χ3n) is 3.89. The van der Waals surface area contributed by atoms with E-state index in [4.69, 9.17) is 4.52 Å². The second-order valence-electron chi connectivity index (χ2n) is 5.74. The summed E-state index contributed by atoms with van der Waals surface area (Å²) in [5, 5.41) is 10.3. The summed E-state index contributed by atoms with van der Waals surface area (Å²) in [7, 11) is 0. The van der Waals surface area contributed by atoms with Crippen molar-refractivity contribution in [2.75, 3.05) is 6.54 Å². The highest BCUT2D eigenvalue weighted by Crippen LogP contribution is 2.22. The average Bonchev–Trinajstić information content (AvgIpc) is 2.94. The lowest BCUT2D eigenvalue weighted by molar-refractivity contribution is 0.0926. The highest BCUT2D eigenvalue weighted by Gasteiger charge is 2.22. The molecule has 3 rings (SSSR count). The summed E-state index contributed by atoms with van der Waals surface area (Å²) in [4.78, 5) is 16.8. The molecule has 1 aliphatic rings. The maximum atomic E-state index is 12.6. The molecule has 1 aliphatic heterocycles. The molecule has 1 saturated heterocycles. The highest BCUT2D eigenvalue weighted by molar-refractivity contribution is 6.00. The molecular formula is C16H21ClN4O2. The van der Waals surface area contributed by atoms with Gasteiger partial charge in [-0.05, 0) is 45.4 Å². The highest BCUT2D eigenvalue weighted by atomic mass is 35.5. The van der Waals surface area contributed by atoms with Gasteiger partial charge in [-0.2, -0.15) is 4.98 Å². The summed E-state index contributed by atoms with van der Waals surface area (Å²) in [6.45, 7) is 4.82. The van der Waals surface area contributed by atoms with Gasteiger partial charge in [0.15, 0.2) is 5.82 Å². The lowest BCUT2D eigenvalue weighted by Crippen LogP contribution is -2.46. The van der Waals surface area contributed by atoms with Crippen LogP contribution in [0.4, 0.5) is 0 Å². The van der Waals surface area contributed by atoms with Crippen molar-refractivity contribution in [1.82, 2.24) is 20.8 Å². The average molecular weight is 337 g/mol. The van der Waals surface area contributed by atoms with Crippen molar-refractivity contribution in [3.05, 3.63) is 35.7 Å². The van der Waals surface area contributed by atoms with Crippen LogP contribution in [0, 0.1) is 6.92 Å². The first-order valence-corrected chi connectivity index (χ1v) is 7.57. The van der Waals surface area contributed by atoms with Gasteiger partial charge in [0.1, 0.15) is 0 Å². The molecule has 0 saturated carbocycles. The van der Waals surface area contributed by atoms with Crippen molar-refractivity contribution in [3.63, 3.8) is 0 Å². The van der Waals surface area contributed by atoms with Gasteiger partial charge in [-0.3, -0.25) is 4.79 Å². The summed E-state index contributed by atoms with van der Waals surface area (Å²) >= 11 is 0. The van der Waals surface area contributed by atoms with Gasteiger partial charge < -0.3 is 15.2 Å². The lowest BCUT2D eigenvalue weighted by Gasteiger charge is -2.28. The van der Waals surface area contributed by atoms with Crippen LogP contribution in [0.3, 0.4) is 0 Å². The van der Waals surface area contributed by atoms with Crippen LogP contribution in [0.15, 0.2) is 28.8 Å². The van der Waals surface area contributed by atoms with E-state index in [-0.39, 0.29) is 24.4 Å². The molecule has 124 valence electrons. The molecular weight excluding hydrogens is 316 g/mol. The fourth-order valence-electron chi connectivity index (χ4n) is 2.80. The predicted molar refractivity (Wildman–Crippen MR) is 89.7 cm³/mol. The quantitative estimate of drug-likeness (QED) is 0.899. The molecule has 7 heteroatoms. The maximum Gasteiger partial charge on any atom is 0.258 e. The number of amides is 1. The first kappa shape index (κ1) is 17.4. The Bertz CT molecular complexity index is 674. The molecule has 6 nitrogen and oxygen atoms in total. The maximum absolute atomic E-state index is 12.6. The summed E-state index contributed by atoms with van der Waals surface area (Å²) in [5.41, 5.74) is 1.24. The number of carbonyl (C=O) groups is 1. The van der Waals surface area contributed by atoms with Gasteiger partial charge in [-0.15, -0.1) is 12.4 Å². The fourth-order valence-corrected chi connectivity index (χ4v) is 2.80. The summed E-state index contributed by atoms with van der Waals surface area (Å²) < 4.78 is 5.20. The number of halogens is 1. The van der Waals surface area contributed by atoms with Gasteiger partial charge in [-0.1, -0.05) is 17.3 Å². The summed E-state index contributed by atoms with van der Waals surface area (Å²) in [5.74, 6) is 0.838. The van der Waals surface area contributed by atoms with Gasteiger partial charge in [-0.25, -0.2) is 0 Å². The summed E-state index contributed by atoms with van der Waals surface area (Å²) in [6, 6.07) is 7.93. The molecule has 23 heavy (non-hydrogen) atoms. The number of rotatable bonds is 3. The van der Waals surface area contributed by atoms with E-state index in [1.165, 1.54) is 0 Å². The van der Waals surface area contributed by atoms with Gasteiger partial charge in [0.25, 0.3) is 11.8 Å². The molecule has 2 heterocycles. The Morgan fingerprint density at radius 2 is 2.17 bits per heavy atom. The van der Waals surface area contributed by atoms with Gasteiger partial charge in [0.05, 0.1) is 11.1 Å². The van der Waals surface area contributed by atoms with E-state index < -0.39 is 0 Å². The fraction of sp³-hybridized carbons (Fsp3) is 0.438. The van der Waals surface area contributed by atoms with E-state index >= 15 is 0 Å². The zero-order chi connectivity index (χ0) is 15.5. The Labute approximate surface area is 141 Å². The number of aryl methyl sites for hydroxylation is 1. The zero-order valence-corrected chi connectivity index (χ0v) is 14.0. The smallest absolute Gasteiger partial charge is 0.258 e. The second kappa shape index (κ2) is 7.57. The Kier molecular flexibility index (Phi) is 5.74. The Morgan fingerprint density at radius 1 is 1.39 bits per heavy atom. The Hall–Kier alpha value is -1.92. The van der Waals surface area contributed by atoms with Gasteiger partial charge in [0.2, 0.25) is 0 Å².